The number of aromatic nitrogens is 2. The predicted octanol–water partition coefficient (Wildman–Crippen LogP) is 6.93. The maximum Gasteiger partial charge on any atom is 0.274 e. The van der Waals surface area contributed by atoms with E-state index in [9.17, 15) is 4.79 Å². The van der Waals surface area contributed by atoms with E-state index >= 15 is 0 Å². The fraction of sp³-hybridized carbons (Fsp3) is 0.273. The fourth-order valence-corrected chi connectivity index (χ4v) is 5.63. The Bertz CT molecular complexity index is 1320. The van der Waals surface area contributed by atoms with Crippen molar-refractivity contribution in [2.45, 2.75) is 51.1 Å². The molecule has 4 nitrogen and oxygen atoms in total. The Balaban J connectivity index is 1.53. The van der Waals surface area contributed by atoms with Crippen LogP contribution < -0.4 is 0 Å². The van der Waals surface area contributed by atoms with Crippen LogP contribution >= 0.6 is 0 Å². The number of nitrogens with zero attached hydrogens (tertiary/aromatic N) is 3. The average molecular weight is 490 g/mol. The third kappa shape index (κ3) is 5.29. The van der Waals surface area contributed by atoms with Gasteiger partial charge in [0.1, 0.15) is 0 Å². The molecule has 37 heavy (non-hydrogen) atoms. The summed E-state index contributed by atoms with van der Waals surface area (Å²) in [5, 5.41) is 0. The van der Waals surface area contributed by atoms with Crippen LogP contribution in [0.4, 0.5) is 0 Å². The van der Waals surface area contributed by atoms with Crippen molar-refractivity contribution in [2.75, 3.05) is 6.54 Å². The van der Waals surface area contributed by atoms with Crippen molar-refractivity contribution in [3.8, 4) is 11.3 Å². The van der Waals surface area contributed by atoms with Crippen LogP contribution in [0.3, 0.4) is 0 Å². The molecule has 5 rings (SSSR count). The summed E-state index contributed by atoms with van der Waals surface area (Å²) in [4.78, 5) is 21.1. The highest BCUT2D eigenvalue weighted by Crippen LogP contribution is 2.35. The van der Waals surface area contributed by atoms with Crippen molar-refractivity contribution in [2.24, 2.45) is 0 Å². The Morgan fingerprint density at radius 3 is 2.24 bits per heavy atom. The first-order valence-electron chi connectivity index (χ1n) is 13.3. The first kappa shape index (κ1) is 24.8. The molecule has 188 valence electrons. The highest BCUT2D eigenvalue weighted by Gasteiger charge is 2.32. The van der Waals surface area contributed by atoms with Crippen LogP contribution in [0.25, 0.3) is 11.3 Å². The van der Waals surface area contributed by atoms with E-state index in [4.69, 9.17) is 4.98 Å². The third-order valence-corrected chi connectivity index (χ3v) is 7.39. The number of imidazole rings is 1. The molecule has 3 aromatic carbocycles. The second kappa shape index (κ2) is 11.4. The van der Waals surface area contributed by atoms with Crippen LogP contribution in [-0.4, -0.2) is 32.9 Å². The molecule has 0 spiro atoms. The molecule has 4 heteroatoms. The van der Waals surface area contributed by atoms with Gasteiger partial charge in [-0.2, -0.15) is 0 Å². The minimum atomic E-state index is -0.00209. The number of hydrogen-bond acceptors (Lipinski definition) is 2. The number of amides is 1. The van der Waals surface area contributed by atoms with E-state index in [1.54, 1.807) is 0 Å². The Morgan fingerprint density at radius 2 is 1.62 bits per heavy atom. The van der Waals surface area contributed by atoms with Crippen molar-refractivity contribution in [1.29, 1.82) is 0 Å². The highest BCUT2D eigenvalue weighted by atomic mass is 16.2. The second-order valence-electron chi connectivity index (χ2n) is 9.91. The molecule has 0 bridgehead atoms. The zero-order valence-electron chi connectivity index (χ0n) is 21.6. The normalized spacial score (nSPS) is 13.8. The molecule has 0 saturated heterocycles. The Labute approximate surface area is 220 Å². The van der Waals surface area contributed by atoms with Gasteiger partial charge in [0.2, 0.25) is 0 Å². The summed E-state index contributed by atoms with van der Waals surface area (Å²) >= 11 is 0. The van der Waals surface area contributed by atoms with Crippen LogP contribution in [0, 0.1) is 0 Å². The van der Waals surface area contributed by atoms with Crippen molar-refractivity contribution in [1.82, 2.24) is 14.5 Å². The molecule has 4 aromatic rings. The molecule has 1 heterocycles. The van der Waals surface area contributed by atoms with E-state index < -0.39 is 0 Å². The molecule has 0 unspecified atom stereocenters. The first-order valence-corrected chi connectivity index (χ1v) is 13.3. The summed E-state index contributed by atoms with van der Waals surface area (Å²) < 4.78 is 2.24. The molecule has 1 amide bonds. The second-order valence-corrected chi connectivity index (χ2v) is 9.91. The Morgan fingerprint density at radius 1 is 1.00 bits per heavy atom. The van der Waals surface area contributed by atoms with Crippen molar-refractivity contribution < 1.29 is 4.79 Å². The van der Waals surface area contributed by atoms with Gasteiger partial charge in [0.05, 0.1) is 12.0 Å². The van der Waals surface area contributed by atoms with Gasteiger partial charge in [0.25, 0.3) is 5.91 Å². The lowest BCUT2D eigenvalue weighted by molar-refractivity contribution is 0.0673. The molecule has 0 N–H and O–H groups in total. The standard InChI is InChI=1S/C33H35N3O/c1-3-13-29(21-25-14-7-5-8-15-25)35(20-4-2)33(37)31-32(26-16-9-6-10-17-26)36(24-34-31)30-22-27-18-11-12-19-28(27)23-30/h3,5-12,14-19,24,29-30H,1,4,13,20-23H2,2H3/t29-/m0/s1. The maximum absolute atomic E-state index is 14.3. The minimum Gasteiger partial charge on any atom is -0.334 e. The van der Waals surface area contributed by atoms with E-state index in [1.165, 1.54) is 16.7 Å². The summed E-state index contributed by atoms with van der Waals surface area (Å²) in [7, 11) is 0. The lowest BCUT2D eigenvalue weighted by atomic mass is 10.00. The van der Waals surface area contributed by atoms with Gasteiger partial charge in [-0.15, -0.1) is 6.58 Å². The van der Waals surface area contributed by atoms with Gasteiger partial charge in [-0.25, -0.2) is 4.98 Å². The number of fused-ring (bicyclic) bond motifs is 1. The molecule has 0 aliphatic heterocycles. The molecule has 1 aliphatic rings. The molecule has 1 aromatic heterocycles. The SMILES string of the molecule is C=CC[C@@H](Cc1ccccc1)N(CCC)C(=O)c1ncn(C2Cc3ccccc3C2)c1-c1ccccc1. The van der Waals surface area contributed by atoms with Gasteiger partial charge in [-0.1, -0.05) is 97.9 Å². The maximum atomic E-state index is 14.3. The zero-order valence-corrected chi connectivity index (χ0v) is 21.6. The zero-order chi connectivity index (χ0) is 25.6. The van der Waals surface area contributed by atoms with E-state index in [2.05, 4.69) is 78.7 Å². The highest BCUT2D eigenvalue weighted by molar-refractivity contribution is 5.98. The van der Waals surface area contributed by atoms with Crippen molar-refractivity contribution in [3.05, 3.63) is 126 Å². The summed E-state index contributed by atoms with van der Waals surface area (Å²) in [6, 6.07) is 29.6. The van der Waals surface area contributed by atoms with Crippen molar-refractivity contribution >= 4 is 5.91 Å². The van der Waals surface area contributed by atoms with Gasteiger partial charge < -0.3 is 9.47 Å². The van der Waals surface area contributed by atoms with E-state index in [-0.39, 0.29) is 18.0 Å². The van der Waals surface area contributed by atoms with Crippen LogP contribution in [0.2, 0.25) is 0 Å². The number of rotatable bonds is 10. The third-order valence-electron chi connectivity index (χ3n) is 7.39. The minimum absolute atomic E-state index is 0.00209. The summed E-state index contributed by atoms with van der Waals surface area (Å²) in [6.07, 6.45) is 8.12. The van der Waals surface area contributed by atoms with E-state index in [0.717, 1.165) is 43.4 Å². The average Bonchev–Trinajstić information content (AvgIpc) is 3.57. The van der Waals surface area contributed by atoms with E-state index in [1.807, 2.05) is 41.6 Å². The smallest absolute Gasteiger partial charge is 0.274 e. The number of hydrogen-bond donors (Lipinski definition) is 0. The Hall–Kier alpha value is -3.92. The van der Waals surface area contributed by atoms with Gasteiger partial charge in [0.15, 0.2) is 5.69 Å². The molecule has 0 fully saturated rings. The van der Waals surface area contributed by atoms with Crippen LogP contribution in [0.5, 0.6) is 0 Å². The largest absolute Gasteiger partial charge is 0.334 e. The fourth-order valence-electron chi connectivity index (χ4n) is 5.63. The first-order chi connectivity index (χ1) is 18.2. The van der Waals surface area contributed by atoms with Crippen LogP contribution in [-0.2, 0) is 19.3 Å². The molecule has 1 aliphatic carbocycles. The number of benzene rings is 3. The molecular formula is C33H35N3O. The lowest BCUT2D eigenvalue weighted by Crippen LogP contribution is -2.42. The monoisotopic (exact) mass is 489 g/mol. The van der Waals surface area contributed by atoms with Gasteiger partial charge in [-0.3, -0.25) is 4.79 Å². The number of carbonyl (C=O) groups is 1. The van der Waals surface area contributed by atoms with Gasteiger partial charge in [-0.05, 0) is 48.8 Å². The lowest BCUT2D eigenvalue weighted by Gasteiger charge is -2.31. The summed E-state index contributed by atoms with van der Waals surface area (Å²) in [6.45, 7) is 6.81. The molecular weight excluding hydrogens is 454 g/mol. The topological polar surface area (TPSA) is 38.1 Å². The predicted molar refractivity (Wildman–Crippen MR) is 151 cm³/mol. The summed E-state index contributed by atoms with van der Waals surface area (Å²) in [5.74, 6) is -0.00209. The molecule has 0 radical (unpaired) electrons. The van der Waals surface area contributed by atoms with Crippen molar-refractivity contribution in [3.63, 3.8) is 0 Å². The van der Waals surface area contributed by atoms with Gasteiger partial charge in [0, 0.05) is 24.2 Å². The number of carbonyl (C=O) groups excluding carboxylic acids is 1. The van der Waals surface area contributed by atoms with Crippen LogP contribution in [0.1, 0.15) is 53.0 Å². The molecule has 0 saturated carbocycles. The Kier molecular flexibility index (Phi) is 7.65. The quantitative estimate of drug-likeness (QED) is 0.227. The van der Waals surface area contributed by atoms with Crippen LogP contribution in [0.15, 0.2) is 104 Å². The van der Waals surface area contributed by atoms with Gasteiger partial charge >= 0.3 is 0 Å². The molecule has 1 atom stereocenters. The summed E-state index contributed by atoms with van der Waals surface area (Å²) in [5.41, 5.74) is 6.48. The van der Waals surface area contributed by atoms with E-state index in [0.29, 0.717) is 12.2 Å².